The molecule has 7 nitrogen and oxygen atoms in total. The summed E-state index contributed by atoms with van der Waals surface area (Å²) in [7, 11) is 3.19. The molecule has 1 aliphatic rings. The highest BCUT2D eigenvalue weighted by Gasteiger charge is 2.24. The summed E-state index contributed by atoms with van der Waals surface area (Å²) >= 11 is 0. The van der Waals surface area contributed by atoms with Gasteiger partial charge in [-0.25, -0.2) is 0 Å². The van der Waals surface area contributed by atoms with Crippen molar-refractivity contribution in [1.82, 2.24) is 15.5 Å². The first-order valence-corrected chi connectivity index (χ1v) is 9.53. The number of ether oxygens (including phenoxy) is 1. The van der Waals surface area contributed by atoms with Crippen molar-refractivity contribution in [3.05, 3.63) is 24.2 Å². The van der Waals surface area contributed by atoms with Crippen LogP contribution in [0, 0.1) is 0 Å². The van der Waals surface area contributed by atoms with E-state index in [-0.39, 0.29) is 36.0 Å². The fourth-order valence-corrected chi connectivity index (χ4v) is 3.24. The van der Waals surface area contributed by atoms with Crippen LogP contribution in [0.3, 0.4) is 0 Å². The lowest BCUT2D eigenvalue weighted by molar-refractivity contribution is -0.140. The van der Waals surface area contributed by atoms with E-state index in [1.807, 2.05) is 12.1 Å². The van der Waals surface area contributed by atoms with Crippen molar-refractivity contribution in [2.75, 3.05) is 40.3 Å². The number of nitrogens with one attached hydrogen (secondary N) is 2. The van der Waals surface area contributed by atoms with E-state index in [0.29, 0.717) is 6.42 Å². The number of aliphatic imine (C=N–C) groups is 1. The Balaban J connectivity index is 0.00000364. The third-order valence-corrected chi connectivity index (χ3v) is 4.72. The van der Waals surface area contributed by atoms with Crippen LogP contribution in [0.1, 0.15) is 50.3 Å². The van der Waals surface area contributed by atoms with Crippen LogP contribution in [-0.2, 0) is 9.53 Å². The normalized spacial score (nSPS) is 16.3. The zero-order valence-corrected chi connectivity index (χ0v) is 18.7. The van der Waals surface area contributed by atoms with Gasteiger partial charge in [0.05, 0.1) is 19.4 Å². The number of esters is 1. The second kappa shape index (κ2) is 13.8. The van der Waals surface area contributed by atoms with Gasteiger partial charge in [0, 0.05) is 26.6 Å². The minimum atomic E-state index is -0.157. The first-order valence-electron chi connectivity index (χ1n) is 9.53. The molecule has 1 atom stereocenters. The third kappa shape index (κ3) is 8.50. The van der Waals surface area contributed by atoms with E-state index in [1.54, 1.807) is 13.3 Å². The second-order valence-corrected chi connectivity index (χ2v) is 6.54. The van der Waals surface area contributed by atoms with Crippen LogP contribution >= 0.6 is 24.0 Å². The Morgan fingerprint density at radius 1 is 1.30 bits per heavy atom. The molecule has 1 unspecified atom stereocenters. The zero-order valence-electron chi connectivity index (χ0n) is 16.4. The number of furan rings is 1. The van der Waals surface area contributed by atoms with Crippen LogP contribution in [0.2, 0.25) is 0 Å². The Morgan fingerprint density at radius 3 is 2.70 bits per heavy atom. The minimum Gasteiger partial charge on any atom is -0.469 e. The highest BCUT2D eigenvalue weighted by Crippen LogP contribution is 2.24. The topological polar surface area (TPSA) is 79.1 Å². The van der Waals surface area contributed by atoms with Crippen molar-refractivity contribution in [3.63, 3.8) is 0 Å². The Bertz CT molecular complexity index is 545. The third-order valence-electron chi connectivity index (χ3n) is 4.72. The monoisotopic (exact) mass is 492 g/mol. The number of likely N-dealkylation sites (tertiary alicyclic amines) is 1. The van der Waals surface area contributed by atoms with Gasteiger partial charge in [0.1, 0.15) is 5.76 Å². The largest absolute Gasteiger partial charge is 0.469 e. The number of carbonyl (C=O) groups excluding carboxylic acids is 1. The number of carbonyl (C=O) groups is 1. The van der Waals surface area contributed by atoms with Gasteiger partial charge in [0.15, 0.2) is 5.96 Å². The van der Waals surface area contributed by atoms with Crippen LogP contribution < -0.4 is 10.6 Å². The summed E-state index contributed by atoms with van der Waals surface area (Å²) in [6.45, 7) is 3.72. The summed E-state index contributed by atoms with van der Waals surface area (Å²) < 4.78 is 10.3. The molecule has 0 aliphatic carbocycles. The quantitative estimate of drug-likeness (QED) is 0.182. The van der Waals surface area contributed by atoms with Crippen LogP contribution in [0.4, 0.5) is 0 Å². The molecule has 0 saturated carbocycles. The number of methoxy groups -OCH3 is 1. The molecule has 2 rings (SSSR count). The number of guanidine groups is 1. The van der Waals surface area contributed by atoms with Crippen LogP contribution in [-0.4, -0.2) is 57.2 Å². The maximum Gasteiger partial charge on any atom is 0.305 e. The molecule has 1 aromatic rings. The van der Waals surface area contributed by atoms with Crippen LogP contribution in [0.25, 0.3) is 0 Å². The molecule has 1 saturated heterocycles. The molecule has 0 bridgehead atoms. The van der Waals surface area contributed by atoms with Crippen molar-refractivity contribution in [1.29, 1.82) is 0 Å². The molecule has 154 valence electrons. The highest BCUT2D eigenvalue weighted by atomic mass is 127. The summed E-state index contributed by atoms with van der Waals surface area (Å²) in [5.41, 5.74) is 0. The van der Waals surface area contributed by atoms with E-state index in [4.69, 9.17) is 4.42 Å². The van der Waals surface area contributed by atoms with E-state index in [1.165, 1.54) is 26.4 Å². The van der Waals surface area contributed by atoms with Gasteiger partial charge < -0.3 is 19.8 Å². The molecule has 27 heavy (non-hydrogen) atoms. The maximum atomic E-state index is 11.1. The number of hydrogen-bond donors (Lipinski definition) is 2. The SMILES string of the molecule is CN=C(NCCCCC(=O)OC)NCC(c1ccco1)N1CCCCC1.I. The summed E-state index contributed by atoms with van der Waals surface area (Å²) in [4.78, 5) is 17.9. The highest BCUT2D eigenvalue weighted by molar-refractivity contribution is 14.0. The molecule has 1 aromatic heterocycles. The average molecular weight is 492 g/mol. The molecule has 0 spiro atoms. The Hall–Kier alpha value is -1.29. The number of hydrogen-bond acceptors (Lipinski definition) is 5. The van der Waals surface area contributed by atoms with Crippen molar-refractivity contribution in [2.24, 2.45) is 4.99 Å². The lowest BCUT2D eigenvalue weighted by Crippen LogP contribution is -2.44. The van der Waals surface area contributed by atoms with Gasteiger partial charge >= 0.3 is 5.97 Å². The number of unbranched alkanes of at least 4 members (excludes halogenated alkanes) is 1. The zero-order chi connectivity index (χ0) is 18.6. The Morgan fingerprint density at radius 2 is 2.07 bits per heavy atom. The maximum absolute atomic E-state index is 11.1. The lowest BCUT2D eigenvalue weighted by Gasteiger charge is -2.33. The van der Waals surface area contributed by atoms with Crippen molar-refractivity contribution >= 4 is 35.9 Å². The molecule has 1 aliphatic heterocycles. The predicted molar refractivity (Wildman–Crippen MR) is 118 cm³/mol. The average Bonchev–Trinajstić information content (AvgIpc) is 3.21. The Kier molecular flexibility index (Phi) is 12.2. The molecule has 2 heterocycles. The molecular formula is C19H33IN4O3. The number of nitrogens with zero attached hydrogens (tertiary/aromatic N) is 2. The van der Waals surface area contributed by atoms with Crippen molar-refractivity contribution < 1.29 is 13.9 Å². The molecule has 0 aromatic carbocycles. The molecule has 0 amide bonds. The number of halogens is 1. The molecular weight excluding hydrogens is 459 g/mol. The second-order valence-electron chi connectivity index (χ2n) is 6.54. The first-order chi connectivity index (χ1) is 12.7. The van der Waals surface area contributed by atoms with Gasteiger partial charge in [-0.05, 0) is 50.9 Å². The van der Waals surface area contributed by atoms with Gasteiger partial charge in [-0.3, -0.25) is 14.7 Å². The molecule has 2 N–H and O–H groups in total. The fourth-order valence-electron chi connectivity index (χ4n) is 3.24. The van der Waals surface area contributed by atoms with Gasteiger partial charge in [0.25, 0.3) is 0 Å². The van der Waals surface area contributed by atoms with E-state index in [0.717, 1.165) is 50.7 Å². The molecule has 0 radical (unpaired) electrons. The number of piperidine rings is 1. The van der Waals surface area contributed by atoms with Gasteiger partial charge in [0.2, 0.25) is 0 Å². The summed E-state index contributed by atoms with van der Waals surface area (Å²) in [6, 6.07) is 4.20. The summed E-state index contributed by atoms with van der Waals surface area (Å²) in [5, 5.41) is 6.71. The number of rotatable bonds is 9. The summed E-state index contributed by atoms with van der Waals surface area (Å²) in [6.07, 6.45) is 7.68. The van der Waals surface area contributed by atoms with E-state index >= 15 is 0 Å². The van der Waals surface area contributed by atoms with E-state index in [9.17, 15) is 4.79 Å². The van der Waals surface area contributed by atoms with Gasteiger partial charge in [-0.15, -0.1) is 24.0 Å². The lowest BCUT2D eigenvalue weighted by atomic mass is 10.1. The standard InChI is InChI=1S/C19H32N4O3.HI/c1-20-19(21-11-5-4-10-18(24)25-2)22-15-16(17-9-8-14-26-17)23-12-6-3-7-13-23;/h8-9,14,16H,3-7,10-13,15H2,1-2H3,(H2,20,21,22);1H. The van der Waals surface area contributed by atoms with Gasteiger partial charge in [-0.1, -0.05) is 6.42 Å². The minimum absolute atomic E-state index is 0. The van der Waals surface area contributed by atoms with Crippen LogP contribution in [0.15, 0.2) is 27.8 Å². The van der Waals surface area contributed by atoms with Crippen molar-refractivity contribution in [2.45, 2.75) is 44.6 Å². The summed E-state index contributed by atoms with van der Waals surface area (Å²) in [5.74, 6) is 1.61. The smallest absolute Gasteiger partial charge is 0.305 e. The molecule has 8 heteroatoms. The first kappa shape index (κ1) is 23.7. The predicted octanol–water partition coefficient (Wildman–Crippen LogP) is 2.93. The van der Waals surface area contributed by atoms with E-state index < -0.39 is 0 Å². The van der Waals surface area contributed by atoms with Crippen LogP contribution in [0.5, 0.6) is 0 Å². The Labute approximate surface area is 179 Å². The van der Waals surface area contributed by atoms with Crippen molar-refractivity contribution in [3.8, 4) is 0 Å². The fraction of sp³-hybridized carbons (Fsp3) is 0.684. The molecule has 1 fully saturated rings. The van der Waals surface area contributed by atoms with E-state index in [2.05, 4.69) is 25.3 Å². The van der Waals surface area contributed by atoms with Gasteiger partial charge in [-0.2, -0.15) is 0 Å².